The van der Waals surface area contributed by atoms with E-state index in [1.165, 1.54) is 77.2 Å². The molecule has 0 amide bonds. The predicted molar refractivity (Wildman–Crippen MR) is 174 cm³/mol. The van der Waals surface area contributed by atoms with Crippen molar-refractivity contribution in [1.82, 2.24) is 0 Å². The van der Waals surface area contributed by atoms with Crippen molar-refractivity contribution in [1.29, 1.82) is 0 Å². The zero-order chi connectivity index (χ0) is 25.9. The largest absolute Gasteiger partial charge is 4.00 e. The zero-order valence-electron chi connectivity index (χ0n) is 25.2. The van der Waals surface area contributed by atoms with Gasteiger partial charge < -0.3 is 14.9 Å². The fourth-order valence-electron chi connectivity index (χ4n) is 6.27. The summed E-state index contributed by atoms with van der Waals surface area (Å²) in [7, 11) is 0. The first-order valence-corrected chi connectivity index (χ1v) is 13.3. The average molecular weight is 687 g/mol. The van der Waals surface area contributed by atoms with Gasteiger partial charge in [0.05, 0.1) is 0 Å². The van der Waals surface area contributed by atoms with Crippen LogP contribution in [0.4, 0.5) is 0 Å². The van der Waals surface area contributed by atoms with Crippen LogP contribution in [0.15, 0.2) is 97.1 Å². The molecule has 0 bridgehead atoms. The Bertz CT molecular complexity index is 1620. The van der Waals surface area contributed by atoms with Crippen LogP contribution in [-0.4, -0.2) is 0 Å². The number of fused-ring (bicyclic) bond motifs is 2. The summed E-state index contributed by atoms with van der Waals surface area (Å²) in [4.78, 5) is 0. The molecular weight excluding hydrogens is 647 g/mol. The van der Waals surface area contributed by atoms with Gasteiger partial charge in [0, 0.05) is 0 Å². The van der Waals surface area contributed by atoms with Crippen LogP contribution in [0, 0.1) is 42.5 Å². The van der Waals surface area contributed by atoms with Crippen LogP contribution >= 0.6 is 0 Å². The van der Waals surface area contributed by atoms with Gasteiger partial charge in [-0.1, -0.05) is 73.5 Å². The van der Waals surface area contributed by atoms with E-state index in [-0.39, 0.29) is 46.1 Å². The Labute approximate surface area is 260 Å². The van der Waals surface area contributed by atoms with Crippen molar-refractivity contribution in [2.75, 3.05) is 0 Å². The molecule has 0 unspecified atom stereocenters. The number of benzene rings is 4. The molecule has 0 spiro atoms. The first-order valence-electron chi connectivity index (χ1n) is 13.3. The summed E-state index contributed by atoms with van der Waals surface area (Å²) in [5.74, 6) is 0. The molecule has 200 valence electrons. The normalized spacial score (nSPS) is 11.2. The van der Waals surface area contributed by atoms with Gasteiger partial charge in [-0.3, -0.25) is 0 Å². The van der Waals surface area contributed by atoms with Crippen LogP contribution in [0.2, 0.25) is 0 Å². The molecule has 40 heavy (non-hydrogen) atoms. The van der Waals surface area contributed by atoms with E-state index in [1.807, 2.05) is 0 Å². The summed E-state index contributed by atoms with van der Waals surface area (Å²) in [6.45, 7) is 13.6. The molecule has 0 aliphatic rings. The Morgan fingerprint density at radius 2 is 0.825 bits per heavy atom. The van der Waals surface area contributed by atoms with E-state index in [2.05, 4.69) is 139 Å². The van der Waals surface area contributed by atoms with E-state index >= 15 is 0 Å². The third kappa shape index (κ3) is 5.10. The van der Waals surface area contributed by atoms with Crippen LogP contribution < -0.4 is 0 Å². The van der Waals surface area contributed by atoms with E-state index < -0.39 is 0 Å². The van der Waals surface area contributed by atoms with Crippen LogP contribution in [0.1, 0.15) is 47.2 Å². The molecule has 0 nitrogen and oxygen atoms in total. The molecule has 6 aromatic carbocycles. The van der Waals surface area contributed by atoms with Gasteiger partial charge in [-0.05, 0) is 66.5 Å². The monoisotopic (exact) mass is 688 g/mol. The third-order valence-corrected chi connectivity index (χ3v) is 8.45. The van der Waals surface area contributed by atoms with Crippen molar-refractivity contribution in [3.8, 4) is 22.3 Å². The van der Waals surface area contributed by atoms with Crippen molar-refractivity contribution in [3.05, 3.63) is 145 Å². The van der Waals surface area contributed by atoms with Gasteiger partial charge in [0.25, 0.3) is 0 Å². The first kappa shape index (κ1) is 31.5. The Morgan fingerprint density at radius 3 is 1.18 bits per heavy atom. The molecule has 6 rings (SSSR count). The second-order valence-corrected chi connectivity index (χ2v) is 11.3. The maximum absolute atomic E-state index is 2.43. The number of hydrogen-bond donors (Lipinski definition) is 0. The third-order valence-electron chi connectivity index (χ3n) is 8.45. The van der Waals surface area contributed by atoms with E-state index in [0.29, 0.717) is 0 Å². The minimum atomic E-state index is -0.117. The standard InChI is InChI=1S/C37H34.2CH3.Hf/c1-23-11-7-12-24(2)35(23)31-17-9-15-27-19-29(21-33(27)31)37(5,6)30-20-28-16-10-18-32(34(28)22-30)36-25(3)13-8-14-26(36)4;;;/h7-22H,1-6H3;2*1H3;/q-2;2*-1;+4. The summed E-state index contributed by atoms with van der Waals surface area (Å²) in [6.07, 6.45) is 0. The minimum Gasteiger partial charge on any atom is -0.358 e. The summed E-state index contributed by atoms with van der Waals surface area (Å²) >= 11 is 0. The van der Waals surface area contributed by atoms with Gasteiger partial charge in [-0.25, -0.2) is 0 Å². The molecule has 0 saturated heterocycles. The van der Waals surface area contributed by atoms with Crippen LogP contribution in [-0.2, 0) is 31.3 Å². The summed E-state index contributed by atoms with van der Waals surface area (Å²) in [5, 5.41) is 5.32. The maximum atomic E-state index is 2.43. The van der Waals surface area contributed by atoms with Gasteiger partial charge in [0.15, 0.2) is 0 Å². The summed E-state index contributed by atoms with van der Waals surface area (Å²) in [5.41, 5.74) is 13.3. The molecular formula is C39H40Hf. The van der Waals surface area contributed by atoms with Crippen molar-refractivity contribution >= 4 is 21.5 Å². The molecule has 0 aliphatic heterocycles. The maximum Gasteiger partial charge on any atom is 4.00 e. The van der Waals surface area contributed by atoms with Gasteiger partial charge >= 0.3 is 25.8 Å². The fraction of sp³-hybridized carbons (Fsp3) is 0.179. The molecule has 0 radical (unpaired) electrons. The zero-order valence-corrected chi connectivity index (χ0v) is 28.8. The molecule has 0 fully saturated rings. The van der Waals surface area contributed by atoms with Crippen molar-refractivity contribution in [2.24, 2.45) is 0 Å². The second-order valence-electron chi connectivity index (χ2n) is 11.3. The minimum absolute atomic E-state index is 0. The van der Waals surface area contributed by atoms with Gasteiger partial charge in [0.2, 0.25) is 0 Å². The Hall–Kier alpha value is -3.03. The molecule has 0 aliphatic carbocycles. The predicted octanol–water partition coefficient (Wildman–Crippen LogP) is 11.2. The number of hydrogen-bond acceptors (Lipinski definition) is 0. The number of aryl methyl sites for hydroxylation is 4. The van der Waals surface area contributed by atoms with Gasteiger partial charge in [-0.15, -0.1) is 69.1 Å². The van der Waals surface area contributed by atoms with Gasteiger partial charge in [-0.2, -0.15) is 12.1 Å². The molecule has 0 aromatic heterocycles. The molecule has 0 heterocycles. The fourth-order valence-corrected chi connectivity index (χ4v) is 6.27. The quantitative estimate of drug-likeness (QED) is 0.128. The average Bonchev–Trinajstić information content (AvgIpc) is 3.50. The van der Waals surface area contributed by atoms with Crippen molar-refractivity contribution < 1.29 is 25.8 Å². The number of rotatable bonds is 4. The molecule has 0 saturated carbocycles. The first-order chi connectivity index (χ1) is 17.8. The molecule has 6 aromatic rings. The topological polar surface area (TPSA) is 0 Å². The Balaban J connectivity index is 0.00000147. The summed E-state index contributed by atoms with van der Waals surface area (Å²) < 4.78 is 0. The van der Waals surface area contributed by atoms with E-state index in [9.17, 15) is 0 Å². The molecule has 1 heteroatoms. The summed E-state index contributed by atoms with van der Waals surface area (Å²) in [6, 6.07) is 36.3. The van der Waals surface area contributed by atoms with Crippen molar-refractivity contribution in [2.45, 2.75) is 47.0 Å². The molecule has 0 N–H and O–H groups in total. The van der Waals surface area contributed by atoms with Crippen LogP contribution in [0.3, 0.4) is 0 Å². The Morgan fingerprint density at radius 1 is 0.500 bits per heavy atom. The van der Waals surface area contributed by atoms with Crippen LogP contribution in [0.25, 0.3) is 43.8 Å². The van der Waals surface area contributed by atoms with E-state index in [0.717, 1.165) is 0 Å². The van der Waals surface area contributed by atoms with Crippen LogP contribution in [0.5, 0.6) is 0 Å². The molecule has 0 atom stereocenters. The second kappa shape index (κ2) is 11.8. The smallest absolute Gasteiger partial charge is 0.358 e. The van der Waals surface area contributed by atoms with E-state index in [4.69, 9.17) is 0 Å². The SMILES string of the molecule is Cc1cccc(C)c1-c1cccc2[cH-]c(C(C)(C)c3cc4c(-c5c(C)cccc5C)cccc4[cH-]3)cc12.[CH3-].[CH3-].[Hf+4]. The van der Waals surface area contributed by atoms with E-state index in [1.54, 1.807) is 0 Å². The van der Waals surface area contributed by atoms with Gasteiger partial charge in [0.1, 0.15) is 0 Å². The Kier molecular flexibility index (Phi) is 9.32. The van der Waals surface area contributed by atoms with Crippen molar-refractivity contribution in [3.63, 3.8) is 0 Å².